The Balaban J connectivity index is 1.92. The molecular formula is C44H72N2O12. The standard InChI is InChI=1S/C44H72N2O12/c1-2-36-19-21-37(22-20-36)23-24-39(48)34-57-32-31-56-29-27-45-42(50)35-58-33-30-55-28-15-16-38(47)25-26-40(44(53)54)46-41(49)17-13-11-9-7-5-3-4-6-8-10-12-14-18-43(51)52/h19-22,40H,2-18,23-35H2,1H3,(H,45,50)(H,46,49)(H,51,52)(H,53,54)/t40-/m0/s1. The first kappa shape index (κ1) is 52.3. The maximum absolute atomic E-state index is 12.3. The predicted molar refractivity (Wildman–Crippen MR) is 221 cm³/mol. The van der Waals surface area contributed by atoms with E-state index in [1.165, 1.54) is 24.8 Å². The first-order chi connectivity index (χ1) is 28.1. The monoisotopic (exact) mass is 821 g/mol. The zero-order valence-corrected chi connectivity index (χ0v) is 35.1. The summed E-state index contributed by atoms with van der Waals surface area (Å²) in [4.78, 5) is 70.7. The van der Waals surface area contributed by atoms with Crippen molar-refractivity contribution in [2.24, 2.45) is 0 Å². The second kappa shape index (κ2) is 36.4. The molecule has 0 heterocycles. The Kier molecular flexibility index (Phi) is 32.8. The highest BCUT2D eigenvalue weighted by Crippen LogP contribution is 2.14. The van der Waals surface area contributed by atoms with E-state index < -0.39 is 18.0 Å². The molecule has 2 amide bonds. The van der Waals surface area contributed by atoms with E-state index in [9.17, 15) is 33.9 Å². The van der Waals surface area contributed by atoms with Gasteiger partial charge < -0.3 is 39.8 Å². The first-order valence-electron chi connectivity index (χ1n) is 21.5. The molecule has 0 aliphatic carbocycles. The summed E-state index contributed by atoms with van der Waals surface area (Å²) in [5.41, 5.74) is 2.41. The molecule has 0 aliphatic heterocycles. The zero-order chi connectivity index (χ0) is 42.5. The quantitative estimate of drug-likeness (QED) is 0.0548. The third-order valence-electron chi connectivity index (χ3n) is 9.57. The SMILES string of the molecule is CCc1ccc(CCC(=O)COCCOCCNC(=O)COCCOCCCC(=O)CC[C@H](NC(=O)CCCCCCCCCCCCCCC(=O)O)C(=O)O)cc1. The number of unbranched alkanes of at least 4 members (excludes halogenated alkanes) is 11. The van der Waals surface area contributed by atoms with Crippen molar-refractivity contribution in [3.63, 3.8) is 0 Å². The van der Waals surface area contributed by atoms with Crippen molar-refractivity contribution < 1.29 is 57.9 Å². The van der Waals surface area contributed by atoms with Crippen LogP contribution in [0.1, 0.15) is 140 Å². The van der Waals surface area contributed by atoms with Crippen LogP contribution in [0.15, 0.2) is 24.3 Å². The second-order valence-corrected chi connectivity index (χ2v) is 14.7. The van der Waals surface area contributed by atoms with Crippen LogP contribution in [0.3, 0.4) is 0 Å². The van der Waals surface area contributed by atoms with E-state index in [2.05, 4.69) is 41.8 Å². The molecule has 0 aromatic heterocycles. The van der Waals surface area contributed by atoms with E-state index >= 15 is 0 Å². The summed E-state index contributed by atoms with van der Waals surface area (Å²) in [6, 6.07) is 7.19. The molecule has 0 saturated carbocycles. The van der Waals surface area contributed by atoms with Crippen LogP contribution in [-0.2, 0) is 60.6 Å². The van der Waals surface area contributed by atoms with Crippen LogP contribution in [0.4, 0.5) is 0 Å². The highest BCUT2D eigenvalue weighted by Gasteiger charge is 2.20. The van der Waals surface area contributed by atoms with Gasteiger partial charge in [0.25, 0.3) is 0 Å². The molecule has 14 heteroatoms. The largest absolute Gasteiger partial charge is 0.481 e. The summed E-state index contributed by atoms with van der Waals surface area (Å²) < 4.78 is 21.6. The van der Waals surface area contributed by atoms with Crippen molar-refractivity contribution in [3.8, 4) is 0 Å². The number of ether oxygens (including phenoxy) is 4. The summed E-state index contributed by atoms with van der Waals surface area (Å²) in [5.74, 6) is -2.53. The van der Waals surface area contributed by atoms with E-state index in [0.29, 0.717) is 58.7 Å². The number of amides is 2. The highest BCUT2D eigenvalue weighted by atomic mass is 16.5. The van der Waals surface area contributed by atoms with Crippen molar-refractivity contribution in [1.82, 2.24) is 10.6 Å². The summed E-state index contributed by atoms with van der Waals surface area (Å²) in [5, 5.41) is 23.4. The van der Waals surface area contributed by atoms with Crippen molar-refractivity contribution in [3.05, 3.63) is 35.4 Å². The van der Waals surface area contributed by atoms with Crippen LogP contribution in [0.5, 0.6) is 0 Å². The van der Waals surface area contributed by atoms with Gasteiger partial charge in [0.2, 0.25) is 11.8 Å². The fourth-order valence-electron chi connectivity index (χ4n) is 6.06. The van der Waals surface area contributed by atoms with Crippen LogP contribution in [0, 0.1) is 0 Å². The lowest BCUT2D eigenvalue weighted by Crippen LogP contribution is -2.41. The van der Waals surface area contributed by atoms with Crippen LogP contribution < -0.4 is 10.6 Å². The maximum Gasteiger partial charge on any atom is 0.326 e. The smallest absolute Gasteiger partial charge is 0.326 e. The summed E-state index contributed by atoms with van der Waals surface area (Å²) in [6.07, 6.45) is 15.9. The Bertz CT molecular complexity index is 1270. The molecule has 0 unspecified atom stereocenters. The number of carboxylic acid groups (broad SMARTS) is 2. The van der Waals surface area contributed by atoms with Gasteiger partial charge in [-0.2, -0.15) is 0 Å². The molecule has 0 aliphatic rings. The van der Waals surface area contributed by atoms with E-state index in [1.807, 2.05) is 0 Å². The van der Waals surface area contributed by atoms with E-state index in [1.54, 1.807) is 0 Å². The highest BCUT2D eigenvalue weighted by molar-refractivity contribution is 5.84. The fraction of sp³-hybridized carbons (Fsp3) is 0.727. The summed E-state index contributed by atoms with van der Waals surface area (Å²) >= 11 is 0. The van der Waals surface area contributed by atoms with E-state index in [-0.39, 0.29) is 81.9 Å². The van der Waals surface area contributed by atoms with Gasteiger partial charge in [0.15, 0.2) is 5.78 Å². The molecular weight excluding hydrogens is 748 g/mol. The second-order valence-electron chi connectivity index (χ2n) is 14.7. The average Bonchev–Trinajstić information content (AvgIpc) is 3.20. The molecule has 1 aromatic rings. The van der Waals surface area contributed by atoms with Crippen molar-refractivity contribution in [2.45, 2.75) is 148 Å². The molecule has 4 N–H and O–H groups in total. The number of nitrogens with one attached hydrogen (secondary N) is 2. The minimum Gasteiger partial charge on any atom is -0.481 e. The Morgan fingerprint density at radius 3 is 1.66 bits per heavy atom. The molecule has 0 bridgehead atoms. The number of hydrogen-bond acceptors (Lipinski definition) is 10. The van der Waals surface area contributed by atoms with Crippen LogP contribution in [-0.4, -0.2) is 111 Å². The van der Waals surface area contributed by atoms with Gasteiger partial charge in [0, 0.05) is 45.3 Å². The molecule has 1 rings (SSSR count). The summed E-state index contributed by atoms with van der Waals surface area (Å²) in [6.45, 7) is 4.04. The normalized spacial score (nSPS) is 11.6. The molecule has 1 atom stereocenters. The number of carboxylic acids is 2. The Morgan fingerprint density at radius 2 is 1.07 bits per heavy atom. The van der Waals surface area contributed by atoms with Gasteiger partial charge in [-0.3, -0.25) is 24.0 Å². The number of benzene rings is 1. The fourth-order valence-corrected chi connectivity index (χ4v) is 6.06. The topological polar surface area (TPSA) is 204 Å². The van der Waals surface area contributed by atoms with Crippen LogP contribution in [0.25, 0.3) is 0 Å². The van der Waals surface area contributed by atoms with Crippen molar-refractivity contribution in [2.75, 3.05) is 59.4 Å². The molecule has 58 heavy (non-hydrogen) atoms. The average molecular weight is 821 g/mol. The van der Waals surface area contributed by atoms with Gasteiger partial charge in [0.1, 0.15) is 25.0 Å². The van der Waals surface area contributed by atoms with Gasteiger partial charge in [-0.1, -0.05) is 95.4 Å². The van der Waals surface area contributed by atoms with E-state index in [4.69, 9.17) is 24.1 Å². The Hall–Kier alpha value is -3.72. The zero-order valence-electron chi connectivity index (χ0n) is 35.1. The van der Waals surface area contributed by atoms with Crippen LogP contribution >= 0.6 is 0 Å². The predicted octanol–water partition coefficient (Wildman–Crippen LogP) is 6.18. The molecule has 0 saturated heterocycles. The third-order valence-corrected chi connectivity index (χ3v) is 9.57. The van der Waals surface area contributed by atoms with Crippen molar-refractivity contribution >= 4 is 35.3 Å². The lowest BCUT2D eigenvalue weighted by Gasteiger charge is -2.14. The number of carbonyl (C=O) groups is 6. The van der Waals surface area contributed by atoms with Gasteiger partial charge in [0.05, 0.1) is 33.0 Å². The third kappa shape index (κ3) is 32.3. The number of hydrogen-bond donors (Lipinski definition) is 4. The van der Waals surface area contributed by atoms with Gasteiger partial charge >= 0.3 is 11.9 Å². The Morgan fingerprint density at radius 1 is 0.534 bits per heavy atom. The number of aliphatic carboxylic acids is 2. The number of rotatable bonds is 41. The summed E-state index contributed by atoms with van der Waals surface area (Å²) in [7, 11) is 0. The molecule has 0 spiro atoms. The lowest BCUT2D eigenvalue weighted by molar-refractivity contribution is -0.142. The lowest BCUT2D eigenvalue weighted by atomic mass is 10.0. The molecule has 14 nitrogen and oxygen atoms in total. The minimum atomic E-state index is -1.15. The minimum absolute atomic E-state index is 0.0392. The molecule has 1 aromatic carbocycles. The number of Topliss-reactive ketones (excluding diaryl/α,β-unsaturated/α-hetero) is 2. The first-order valence-corrected chi connectivity index (χ1v) is 21.5. The molecule has 0 radical (unpaired) electrons. The van der Waals surface area contributed by atoms with Gasteiger partial charge in [-0.25, -0.2) is 4.79 Å². The van der Waals surface area contributed by atoms with Gasteiger partial charge in [-0.05, 0) is 49.7 Å². The number of aryl methyl sites for hydroxylation is 2. The Labute approximate surface area is 345 Å². The van der Waals surface area contributed by atoms with Crippen LogP contribution in [0.2, 0.25) is 0 Å². The van der Waals surface area contributed by atoms with Crippen molar-refractivity contribution in [1.29, 1.82) is 0 Å². The molecule has 330 valence electrons. The molecule has 0 fully saturated rings. The van der Waals surface area contributed by atoms with Gasteiger partial charge in [-0.15, -0.1) is 0 Å². The maximum atomic E-state index is 12.3. The number of carbonyl (C=O) groups excluding carboxylic acids is 4. The van der Waals surface area contributed by atoms with E-state index in [0.717, 1.165) is 63.4 Å². The number of ketones is 2.